The molecule has 0 saturated carbocycles. The zero-order valence-corrected chi connectivity index (χ0v) is 11.9. The summed E-state index contributed by atoms with van der Waals surface area (Å²) in [6.45, 7) is 2.28. The third-order valence-electron chi connectivity index (χ3n) is 3.87. The number of halogens is 1. The molecule has 1 aromatic carbocycles. The lowest BCUT2D eigenvalue weighted by Crippen LogP contribution is -2.39. The molecule has 1 N–H and O–H groups in total. The molecule has 1 aromatic rings. The van der Waals surface area contributed by atoms with Gasteiger partial charge >= 0.3 is 5.97 Å². The first kappa shape index (κ1) is 15.6. The Balaban J connectivity index is 1.89. The first-order valence-corrected chi connectivity index (χ1v) is 7.30. The van der Waals surface area contributed by atoms with Crippen LogP contribution in [0.15, 0.2) is 24.3 Å². The number of Topliss-reactive ketones (excluding diaryl/α,β-unsaturated/α-hetero) is 1. The van der Waals surface area contributed by atoms with Crippen molar-refractivity contribution < 1.29 is 19.1 Å². The Labute approximate surface area is 123 Å². The van der Waals surface area contributed by atoms with Crippen molar-refractivity contribution in [2.24, 2.45) is 5.92 Å². The van der Waals surface area contributed by atoms with E-state index in [2.05, 4.69) is 4.90 Å². The van der Waals surface area contributed by atoms with E-state index in [9.17, 15) is 14.0 Å². The SMILES string of the molecule is O=C(O)CCCN1CCC[C@@H](C(=O)c2ccc(F)cc2)C1. The van der Waals surface area contributed by atoms with Gasteiger partial charge in [-0.15, -0.1) is 0 Å². The molecule has 1 aliphatic heterocycles. The smallest absolute Gasteiger partial charge is 0.303 e. The molecule has 0 unspecified atom stereocenters. The van der Waals surface area contributed by atoms with E-state index in [-0.39, 0.29) is 23.9 Å². The lowest BCUT2D eigenvalue weighted by atomic mass is 9.90. The minimum Gasteiger partial charge on any atom is -0.481 e. The summed E-state index contributed by atoms with van der Waals surface area (Å²) in [6.07, 6.45) is 2.54. The van der Waals surface area contributed by atoms with Crippen molar-refractivity contribution in [2.75, 3.05) is 19.6 Å². The summed E-state index contributed by atoms with van der Waals surface area (Å²) >= 11 is 0. The molecule has 1 heterocycles. The van der Waals surface area contributed by atoms with Gasteiger partial charge in [0.1, 0.15) is 5.82 Å². The molecule has 2 rings (SSSR count). The maximum absolute atomic E-state index is 12.9. The summed E-state index contributed by atoms with van der Waals surface area (Å²) in [5.41, 5.74) is 0.550. The fraction of sp³-hybridized carbons (Fsp3) is 0.500. The third-order valence-corrected chi connectivity index (χ3v) is 3.87. The van der Waals surface area contributed by atoms with Gasteiger partial charge in [0.05, 0.1) is 0 Å². The van der Waals surface area contributed by atoms with E-state index in [0.717, 1.165) is 19.4 Å². The molecule has 21 heavy (non-hydrogen) atoms. The predicted octanol–water partition coefficient (Wildman–Crippen LogP) is 2.59. The number of benzene rings is 1. The number of piperidine rings is 1. The minimum absolute atomic E-state index is 0.0536. The molecule has 0 aromatic heterocycles. The lowest BCUT2D eigenvalue weighted by molar-refractivity contribution is -0.137. The Kier molecular flexibility index (Phi) is 5.44. The van der Waals surface area contributed by atoms with Crippen LogP contribution in [0.4, 0.5) is 4.39 Å². The molecule has 0 aliphatic carbocycles. The highest BCUT2D eigenvalue weighted by atomic mass is 19.1. The van der Waals surface area contributed by atoms with Crippen LogP contribution in [0.1, 0.15) is 36.0 Å². The van der Waals surface area contributed by atoms with Crippen LogP contribution in [0.5, 0.6) is 0 Å². The quantitative estimate of drug-likeness (QED) is 0.819. The van der Waals surface area contributed by atoms with Crippen LogP contribution in [0, 0.1) is 11.7 Å². The maximum Gasteiger partial charge on any atom is 0.303 e. The van der Waals surface area contributed by atoms with Crippen LogP contribution < -0.4 is 0 Å². The fourth-order valence-electron chi connectivity index (χ4n) is 2.78. The van der Waals surface area contributed by atoms with Gasteiger partial charge in [-0.1, -0.05) is 0 Å². The highest BCUT2D eigenvalue weighted by Gasteiger charge is 2.26. The van der Waals surface area contributed by atoms with Crippen LogP contribution >= 0.6 is 0 Å². The summed E-state index contributed by atoms with van der Waals surface area (Å²) in [5.74, 6) is -1.15. The molecule has 114 valence electrons. The summed E-state index contributed by atoms with van der Waals surface area (Å²) in [7, 11) is 0. The molecule has 4 nitrogen and oxygen atoms in total. The third kappa shape index (κ3) is 4.63. The van der Waals surface area contributed by atoms with E-state index in [0.29, 0.717) is 25.1 Å². The summed E-state index contributed by atoms with van der Waals surface area (Å²) in [6, 6.07) is 5.67. The van der Waals surface area contributed by atoms with Gasteiger partial charge in [-0.05, 0) is 56.6 Å². The second-order valence-corrected chi connectivity index (χ2v) is 5.51. The molecular formula is C16H20FNO3. The lowest BCUT2D eigenvalue weighted by Gasteiger charge is -2.31. The molecule has 0 amide bonds. The van der Waals surface area contributed by atoms with Gasteiger partial charge in [0, 0.05) is 24.4 Å². The topological polar surface area (TPSA) is 57.6 Å². The molecular weight excluding hydrogens is 273 g/mol. The molecule has 5 heteroatoms. The van der Waals surface area contributed by atoms with Crippen LogP contribution in [0.25, 0.3) is 0 Å². The Morgan fingerprint density at radius 2 is 2.00 bits per heavy atom. The Morgan fingerprint density at radius 1 is 1.29 bits per heavy atom. The Hall–Kier alpha value is -1.75. The first-order chi connectivity index (χ1) is 10.1. The molecule has 1 aliphatic rings. The minimum atomic E-state index is -0.786. The predicted molar refractivity (Wildman–Crippen MR) is 76.8 cm³/mol. The summed E-state index contributed by atoms with van der Waals surface area (Å²) in [5, 5.41) is 8.65. The van der Waals surface area contributed by atoms with E-state index < -0.39 is 5.97 Å². The van der Waals surface area contributed by atoms with Gasteiger partial charge in [0.25, 0.3) is 0 Å². The number of rotatable bonds is 6. The standard InChI is InChI=1S/C16H20FNO3/c17-14-7-5-12(6-8-14)16(21)13-3-1-9-18(11-13)10-2-4-15(19)20/h5-8,13H,1-4,9-11H2,(H,19,20)/t13-/m1/s1. The number of carbonyl (C=O) groups is 2. The highest BCUT2D eigenvalue weighted by molar-refractivity contribution is 5.98. The Bertz CT molecular complexity index is 501. The van der Waals surface area contributed by atoms with E-state index in [1.54, 1.807) is 0 Å². The van der Waals surface area contributed by atoms with Crippen molar-refractivity contribution in [2.45, 2.75) is 25.7 Å². The van der Waals surface area contributed by atoms with Crippen LogP contribution in [0.3, 0.4) is 0 Å². The normalized spacial score (nSPS) is 19.4. The van der Waals surface area contributed by atoms with Crippen molar-refractivity contribution in [3.05, 3.63) is 35.6 Å². The zero-order chi connectivity index (χ0) is 15.2. The van der Waals surface area contributed by atoms with Crippen LogP contribution in [-0.4, -0.2) is 41.4 Å². The highest BCUT2D eigenvalue weighted by Crippen LogP contribution is 2.21. The average Bonchev–Trinajstić information content (AvgIpc) is 2.47. The largest absolute Gasteiger partial charge is 0.481 e. The molecule has 0 bridgehead atoms. The van der Waals surface area contributed by atoms with Crippen molar-refractivity contribution in [3.63, 3.8) is 0 Å². The van der Waals surface area contributed by atoms with Gasteiger partial charge < -0.3 is 10.0 Å². The molecule has 1 atom stereocenters. The zero-order valence-electron chi connectivity index (χ0n) is 11.9. The molecule has 1 fully saturated rings. The van der Waals surface area contributed by atoms with Crippen molar-refractivity contribution in [3.8, 4) is 0 Å². The van der Waals surface area contributed by atoms with E-state index >= 15 is 0 Å². The van der Waals surface area contributed by atoms with Crippen LogP contribution in [-0.2, 0) is 4.79 Å². The van der Waals surface area contributed by atoms with Gasteiger partial charge in [-0.25, -0.2) is 4.39 Å². The molecule has 1 saturated heterocycles. The number of nitrogens with zero attached hydrogens (tertiary/aromatic N) is 1. The number of hydrogen-bond donors (Lipinski definition) is 1. The number of aliphatic carboxylic acids is 1. The fourth-order valence-corrected chi connectivity index (χ4v) is 2.78. The van der Waals surface area contributed by atoms with Crippen LogP contribution in [0.2, 0.25) is 0 Å². The number of carboxylic acid groups (broad SMARTS) is 1. The summed E-state index contributed by atoms with van der Waals surface area (Å²) in [4.78, 5) is 25.1. The van der Waals surface area contributed by atoms with Crippen molar-refractivity contribution in [1.82, 2.24) is 4.90 Å². The number of likely N-dealkylation sites (tertiary alicyclic amines) is 1. The second-order valence-electron chi connectivity index (χ2n) is 5.51. The summed E-state index contributed by atoms with van der Waals surface area (Å²) < 4.78 is 12.9. The first-order valence-electron chi connectivity index (χ1n) is 7.30. The van der Waals surface area contributed by atoms with E-state index in [4.69, 9.17) is 5.11 Å². The maximum atomic E-state index is 12.9. The molecule has 0 spiro atoms. The van der Waals surface area contributed by atoms with Gasteiger partial charge in [0.2, 0.25) is 0 Å². The number of ketones is 1. The Morgan fingerprint density at radius 3 is 2.67 bits per heavy atom. The van der Waals surface area contributed by atoms with Crippen molar-refractivity contribution in [1.29, 1.82) is 0 Å². The average molecular weight is 293 g/mol. The van der Waals surface area contributed by atoms with E-state index in [1.165, 1.54) is 24.3 Å². The monoisotopic (exact) mass is 293 g/mol. The van der Waals surface area contributed by atoms with Gasteiger partial charge in [-0.3, -0.25) is 9.59 Å². The van der Waals surface area contributed by atoms with E-state index in [1.807, 2.05) is 0 Å². The number of carboxylic acids is 1. The molecule has 0 radical (unpaired) electrons. The van der Waals surface area contributed by atoms with Crippen molar-refractivity contribution >= 4 is 11.8 Å². The number of hydrogen-bond acceptors (Lipinski definition) is 3. The van der Waals surface area contributed by atoms with Gasteiger partial charge in [-0.2, -0.15) is 0 Å². The second kappa shape index (κ2) is 7.31. The number of carbonyl (C=O) groups excluding carboxylic acids is 1. The van der Waals surface area contributed by atoms with Gasteiger partial charge in [0.15, 0.2) is 5.78 Å².